The van der Waals surface area contributed by atoms with Crippen molar-refractivity contribution < 1.29 is 24.9 Å². The second-order valence-corrected chi connectivity index (χ2v) is 8.34. The molecule has 152 valence electrons. The number of ether oxygens (including phenoxy) is 1. The van der Waals surface area contributed by atoms with Crippen molar-refractivity contribution in [3.63, 3.8) is 0 Å². The first-order valence-electron chi connectivity index (χ1n) is 10.2. The van der Waals surface area contributed by atoms with Gasteiger partial charge in [0.15, 0.2) is 0 Å². The predicted octanol–water partition coefficient (Wildman–Crippen LogP) is 3.49. The van der Waals surface area contributed by atoms with Crippen molar-refractivity contribution in [3.05, 3.63) is 12.2 Å². The number of epoxide rings is 1. The molecule has 0 radical (unpaired) electrons. The Morgan fingerprint density at radius 3 is 2.78 bits per heavy atom. The zero-order chi connectivity index (χ0) is 20.0. The highest BCUT2D eigenvalue weighted by Gasteiger charge is 2.45. The molecule has 1 aliphatic heterocycles. The topological polar surface area (TPSA) is 90.3 Å². The monoisotopic (exact) mass is 378 g/mol. The second-order valence-electron chi connectivity index (χ2n) is 8.34. The average Bonchev–Trinajstić information content (AvgIpc) is 3.28. The summed E-state index contributed by atoms with van der Waals surface area (Å²) in [6.07, 6.45) is 7.97. The molecule has 5 atom stereocenters. The van der Waals surface area contributed by atoms with E-state index in [4.69, 9.17) is 9.84 Å². The second kappa shape index (κ2) is 9.73. The van der Waals surface area contributed by atoms with E-state index in [1.54, 1.807) is 0 Å². The number of allylic oxidation sites excluding steroid dienone is 1. The number of hydrogen-bond acceptors (Lipinski definition) is 4. The highest BCUT2D eigenvalue weighted by Crippen LogP contribution is 2.45. The van der Waals surface area contributed by atoms with Crippen LogP contribution in [0.1, 0.15) is 71.6 Å². The molecular weight excluding hydrogens is 344 g/mol. The quantitative estimate of drug-likeness (QED) is 0.222. The van der Waals surface area contributed by atoms with Crippen molar-refractivity contribution >= 4 is 5.97 Å². The van der Waals surface area contributed by atoms with Crippen molar-refractivity contribution in [2.45, 2.75) is 89.6 Å². The van der Waals surface area contributed by atoms with Crippen LogP contribution in [0, 0.1) is 29.6 Å². The summed E-state index contributed by atoms with van der Waals surface area (Å²) in [5.74, 6) is 3.62. The molecule has 1 saturated heterocycles. The third-order valence-electron chi connectivity index (χ3n) is 6.12. The van der Waals surface area contributed by atoms with Gasteiger partial charge in [-0.25, -0.2) is 4.79 Å². The van der Waals surface area contributed by atoms with Crippen LogP contribution in [0.4, 0.5) is 0 Å². The fourth-order valence-corrected chi connectivity index (χ4v) is 4.24. The van der Waals surface area contributed by atoms with E-state index in [9.17, 15) is 15.0 Å². The van der Waals surface area contributed by atoms with Crippen molar-refractivity contribution in [2.75, 3.05) is 0 Å². The zero-order valence-corrected chi connectivity index (χ0v) is 16.6. The Morgan fingerprint density at radius 1 is 1.37 bits per heavy atom. The molecule has 2 aliphatic rings. The SMILES string of the molecule is C=C1CC[C@H](CCCC(C)CC#CC)[C@H]1C[C@H]1OC1CCC(O)(O)C(=O)O. The minimum Gasteiger partial charge on any atom is -0.477 e. The maximum absolute atomic E-state index is 10.7. The van der Waals surface area contributed by atoms with E-state index in [0.29, 0.717) is 24.2 Å². The van der Waals surface area contributed by atoms with Crippen LogP contribution in [0.3, 0.4) is 0 Å². The lowest BCUT2D eigenvalue weighted by Crippen LogP contribution is -2.38. The molecule has 0 aromatic rings. The summed E-state index contributed by atoms with van der Waals surface area (Å²) in [5, 5.41) is 27.5. The molecule has 0 spiro atoms. The van der Waals surface area contributed by atoms with Crippen LogP contribution < -0.4 is 0 Å². The first kappa shape index (κ1) is 21.9. The normalized spacial score (nSPS) is 28.5. The summed E-state index contributed by atoms with van der Waals surface area (Å²) in [6, 6.07) is 0. The lowest BCUT2D eigenvalue weighted by molar-refractivity contribution is -0.205. The van der Waals surface area contributed by atoms with Crippen LogP contribution in [-0.4, -0.2) is 39.3 Å². The lowest BCUT2D eigenvalue weighted by atomic mass is 9.84. The molecule has 2 rings (SSSR count). The number of rotatable bonds is 11. The van der Waals surface area contributed by atoms with Gasteiger partial charge in [0, 0.05) is 12.8 Å². The van der Waals surface area contributed by atoms with Crippen LogP contribution in [0.25, 0.3) is 0 Å². The summed E-state index contributed by atoms with van der Waals surface area (Å²) < 4.78 is 5.67. The zero-order valence-electron chi connectivity index (χ0n) is 16.6. The summed E-state index contributed by atoms with van der Waals surface area (Å²) in [7, 11) is 0. The Kier molecular flexibility index (Phi) is 7.91. The van der Waals surface area contributed by atoms with Gasteiger partial charge in [-0.1, -0.05) is 25.5 Å². The van der Waals surface area contributed by atoms with Crippen molar-refractivity contribution in [3.8, 4) is 11.8 Å². The molecule has 5 heteroatoms. The summed E-state index contributed by atoms with van der Waals surface area (Å²) in [5.41, 5.74) is 1.31. The Labute approximate surface area is 162 Å². The molecule has 5 nitrogen and oxygen atoms in total. The van der Waals surface area contributed by atoms with Gasteiger partial charge in [0.05, 0.1) is 12.2 Å². The number of aliphatic hydroxyl groups is 2. The smallest absolute Gasteiger partial charge is 0.364 e. The van der Waals surface area contributed by atoms with Crippen LogP contribution in [0.5, 0.6) is 0 Å². The molecule has 1 aliphatic carbocycles. The molecule has 1 saturated carbocycles. The summed E-state index contributed by atoms with van der Waals surface area (Å²) in [4.78, 5) is 10.7. The first-order chi connectivity index (χ1) is 12.7. The van der Waals surface area contributed by atoms with E-state index in [1.807, 2.05) is 6.92 Å². The standard InChI is InChI=1S/C22H34O5/c1-4-5-7-15(2)8-6-9-17-11-10-16(3)18(17)14-20-19(27-20)12-13-22(25,26)21(23)24/h15,17-20,25-26H,3,6-14H2,1-2H3,(H,23,24)/t15?,17-,18-,19?,20+/m0/s1. The Bertz CT molecular complexity index is 585. The number of carbonyl (C=O) groups is 1. The molecular formula is C22H34O5. The lowest BCUT2D eigenvalue weighted by Gasteiger charge is -2.20. The van der Waals surface area contributed by atoms with Crippen LogP contribution in [0.2, 0.25) is 0 Å². The van der Waals surface area contributed by atoms with Gasteiger partial charge in [0.1, 0.15) is 0 Å². The molecule has 0 aromatic carbocycles. The minimum absolute atomic E-state index is 0.0651. The third-order valence-corrected chi connectivity index (χ3v) is 6.12. The molecule has 0 aromatic heterocycles. The Balaban J connectivity index is 1.72. The van der Waals surface area contributed by atoms with Gasteiger partial charge in [0.25, 0.3) is 5.79 Å². The van der Waals surface area contributed by atoms with Crippen molar-refractivity contribution in [2.24, 2.45) is 17.8 Å². The van der Waals surface area contributed by atoms with Gasteiger partial charge in [-0.15, -0.1) is 11.8 Å². The Hall–Kier alpha value is -1.35. The third kappa shape index (κ3) is 6.64. The summed E-state index contributed by atoms with van der Waals surface area (Å²) >= 11 is 0. The van der Waals surface area contributed by atoms with E-state index < -0.39 is 11.8 Å². The van der Waals surface area contributed by atoms with Gasteiger partial charge >= 0.3 is 5.97 Å². The van der Waals surface area contributed by atoms with Crippen molar-refractivity contribution in [1.82, 2.24) is 0 Å². The van der Waals surface area contributed by atoms with Gasteiger partial charge in [-0.05, 0) is 63.2 Å². The maximum atomic E-state index is 10.7. The first-order valence-corrected chi connectivity index (χ1v) is 10.2. The van der Waals surface area contributed by atoms with E-state index in [-0.39, 0.29) is 18.6 Å². The van der Waals surface area contributed by atoms with Gasteiger partial charge in [-0.3, -0.25) is 0 Å². The maximum Gasteiger partial charge on any atom is 0.364 e. The van der Waals surface area contributed by atoms with Crippen LogP contribution >= 0.6 is 0 Å². The largest absolute Gasteiger partial charge is 0.477 e. The molecule has 0 bridgehead atoms. The van der Waals surface area contributed by atoms with Gasteiger partial charge in [0.2, 0.25) is 0 Å². The fraction of sp³-hybridized carbons (Fsp3) is 0.773. The van der Waals surface area contributed by atoms with E-state index in [1.165, 1.54) is 31.3 Å². The Morgan fingerprint density at radius 2 is 2.11 bits per heavy atom. The number of hydrogen-bond donors (Lipinski definition) is 3. The fourth-order valence-electron chi connectivity index (χ4n) is 4.24. The molecule has 2 unspecified atom stereocenters. The molecule has 27 heavy (non-hydrogen) atoms. The predicted molar refractivity (Wildman–Crippen MR) is 104 cm³/mol. The summed E-state index contributed by atoms with van der Waals surface area (Å²) in [6.45, 7) is 8.40. The van der Waals surface area contributed by atoms with Crippen molar-refractivity contribution in [1.29, 1.82) is 0 Å². The minimum atomic E-state index is -2.66. The van der Waals surface area contributed by atoms with Gasteiger partial charge < -0.3 is 20.1 Å². The van der Waals surface area contributed by atoms with Crippen LogP contribution in [0.15, 0.2) is 12.2 Å². The molecule has 3 N–H and O–H groups in total. The number of carboxylic acid groups (broad SMARTS) is 1. The van der Waals surface area contributed by atoms with Gasteiger partial charge in [-0.2, -0.15) is 0 Å². The van der Waals surface area contributed by atoms with E-state index >= 15 is 0 Å². The molecule has 0 amide bonds. The highest BCUT2D eigenvalue weighted by molar-refractivity contribution is 5.74. The number of carboxylic acids is 1. The van der Waals surface area contributed by atoms with E-state index in [0.717, 1.165) is 19.3 Å². The molecule has 2 fully saturated rings. The van der Waals surface area contributed by atoms with E-state index in [2.05, 4.69) is 25.3 Å². The molecule has 1 heterocycles. The van der Waals surface area contributed by atoms with Crippen LogP contribution in [-0.2, 0) is 9.53 Å². The average molecular weight is 379 g/mol. The number of aliphatic carboxylic acids is 1. The highest BCUT2D eigenvalue weighted by atomic mass is 16.6.